The van der Waals surface area contributed by atoms with Crippen molar-refractivity contribution in [1.82, 2.24) is 9.78 Å². The fraction of sp³-hybridized carbons (Fsp3) is 0.150. The molecule has 0 radical (unpaired) electrons. The summed E-state index contributed by atoms with van der Waals surface area (Å²) in [6.45, 7) is 0. The van der Waals surface area contributed by atoms with Gasteiger partial charge >= 0.3 is 11.9 Å². The second-order valence-corrected chi connectivity index (χ2v) is 8.56. The number of carbonyl (C=O) groups is 2. The molecule has 0 aliphatic heterocycles. The van der Waals surface area contributed by atoms with E-state index in [1.54, 1.807) is 24.3 Å². The van der Waals surface area contributed by atoms with Gasteiger partial charge in [0, 0.05) is 16.8 Å². The van der Waals surface area contributed by atoms with Crippen molar-refractivity contribution >= 4 is 33.4 Å². The summed E-state index contributed by atoms with van der Waals surface area (Å²) in [5, 5.41) is 4.69. The SMILES string of the molecule is COC(=O)c1ccccc1S(=O)(=O)Cc1cn(-c2ccc(Cl)cc2)nc1C(=O)OC. The summed E-state index contributed by atoms with van der Waals surface area (Å²) in [5.74, 6) is -2.13. The van der Waals surface area contributed by atoms with E-state index in [-0.39, 0.29) is 21.7 Å². The van der Waals surface area contributed by atoms with Gasteiger partial charge < -0.3 is 9.47 Å². The summed E-state index contributed by atoms with van der Waals surface area (Å²) in [6.07, 6.45) is 1.42. The fourth-order valence-electron chi connectivity index (χ4n) is 2.81. The zero-order valence-corrected chi connectivity index (χ0v) is 17.6. The van der Waals surface area contributed by atoms with Gasteiger partial charge in [0.25, 0.3) is 0 Å². The summed E-state index contributed by atoms with van der Waals surface area (Å²) in [7, 11) is -1.68. The molecule has 0 amide bonds. The highest BCUT2D eigenvalue weighted by molar-refractivity contribution is 7.90. The molecule has 0 aliphatic rings. The van der Waals surface area contributed by atoms with Gasteiger partial charge in [-0.3, -0.25) is 0 Å². The van der Waals surface area contributed by atoms with Gasteiger partial charge in [-0.15, -0.1) is 0 Å². The number of hydrogen-bond acceptors (Lipinski definition) is 7. The smallest absolute Gasteiger partial charge is 0.358 e. The monoisotopic (exact) mass is 448 g/mol. The molecule has 8 nitrogen and oxygen atoms in total. The molecule has 1 heterocycles. The molecular weight excluding hydrogens is 432 g/mol. The molecule has 0 spiro atoms. The Labute approximate surface area is 177 Å². The lowest BCUT2D eigenvalue weighted by Crippen LogP contribution is -2.14. The predicted molar refractivity (Wildman–Crippen MR) is 109 cm³/mol. The molecule has 3 aromatic rings. The molecule has 0 aliphatic carbocycles. The summed E-state index contributed by atoms with van der Waals surface area (Å²) in [5.41, 5.74) is 0.455. The third-order valence-electron chi connectivity index (χ3n) is 4.23. The maximum atomic E-state index is 13.1. The van der Waals surface area contributed by atoms with Crippen molar-refractivity contribution in [3.05, 3.63) is 76.6 Å². The first kappa shape index (κ1) is 21.5. The normalized spacial score (nSPS) is 11.2. The van der Waals surface area contributed by atoms with E-state index in [0.29, 0.717) is 10.7 Å². The van der Waals surface area contributed by atoms with E-state index in [1.807, 2.05) is 0 Å². The van der Waals surface area contributed by atoms with Crippen LogP contribution < -0.4 is 0 Å². The topological polar surface area (TPSA) is 105 Å². The zero-order valence-electron chi connectivity index (χ0n) is 16.0. The highest BCUT2D eigenvalue weighted by atomic mass is 35.5. The third-order valence-corrected chi connectivity index (χ3v) is 6.20. The molecule has 0 saturated heterocycles. The highest BCUT2D eigenvalue weighted by Crippen LogP contribution is 2.24. The number of esters is 2. The second kappa shape index (κ2) is 8.68. The average Bonchev–Trinajstić information content (AvgIpc) is 3.16. The fourth-order valence-corrected chi connectivity index (χ4v) is 4.48. The van der Waals surface area contributed by atoms with Crippen LogP contribution in [0.25, 0.3) is 5.69 Å². The van der Waals surface area contributed by atoms with E-state index in [4.69, 9.17) is 16.3 Å². The van der Waals surface area contributed by atoms with Crippen molar-refractivity contribution in [3.8, 4) is 5.69 Å². The molecular formula is C20H17ClN2O6S. The van der Waals surface area contributed by atoms with Gasteiger partial charge in [-0.1, -0.05) is 23.7 Å². The van der Waals surface area contributed by atoms with Crippen molar-refractivity contribution < 1.29 is 27.5 Å². The van der Waals surface area contributed by atoms with E-state index < -0.39 is 27.5 Å². The van der Waals surface area contributed by atoms with Gasteiger partial charge in [0.1, 0.15) is 0 Å². The molecule has 3 rings (SSSR count). The molecule has 0 bridgehead atoms. The molecule has 1 aromatic heterocycles. The minimum atomic E-state index is -4.02. The highest BCUT2D eigenvalue weighted by Gasteiger charge is 2.27. The first-order valence-corrected chi connectivity index (χ1v) is 10.6. The lowest BCUT2D eigenvalue weighted by Gasteiger charge is -2.09. The van der Waals surface area contributed by atoms with Crippen LogP contribution in [0, 0.1) is 0 Å². The van der Waals surface area contributed by atoms with Gasteiger partial charge in [-0.25, -0.2) is 22.7 Å². The number of sulfone groups is 1. The van der Waals surface area contributed by atoms with Crippen LogP contribution in [0.4, 0.5) is 0 Å². The molecule has 0 N–H and O–H groups in total. The van der Waals surface area contributed by atoms with Crippen LogP contribution in [0.1, 0.15) is 26.4 Å². The van der Waals surface area contributed by atoms with E-state index in [1.165, 1.54) is 42.3 Å². The number of nitrogens with zero attached hydrogens (tertiary/aromatic N) is 2. The number of rotatable bonds is 6. The Morgan fingerprint density at radius 2 is 1.63 bits per heavy atom. The van der Waals surface area contributed by atoms with E-state index in [0.717, 1.165) is 7.11 Å². The maximum absolute atomic E-state index is 13.1. The Morgan fingerprint density at radius 1 is 1.00 bits per heavy atom. The molecule has 0 saturated carbocycles. The van der Waals surface area contributed by atoms with Crippen LogP contribution >= 0.6 is 11.6 Å². The first-order valence-electron chi connectivity index (χ1n) is 8.59. The number of hydrogen-bond donors (Lipinski definition) is 0. The minimum absolute atomic E-state index is 0.0929. The summed E-state index contributed by atoms with van der Waals surface area (Å²) >= 11 is 5.89. The molecule has 0 fully saturated rings. The van der Waals surface area contributed by atoms with Gasteiger partial charge in [0.15, 0.2) is 15.5 Å². The van der Waals surface area contributed by atoms with Crippen LogP contribution in [0.3, 0.4) is 0 Å². The van der Waals surface area contributed by atoms with Crippen LogP contribution in [0.5, 0.6) is 0 Å². The number of benzene rings is 2. The van der Waals surface area contributed by atoms with Crippen LogP contribution in [0.15, 0.2) is 59.6 Å². The van der Waals surface area contributed by atoms with E-state index in [9.17, 15) is 18.0 Å². The number of ether oxygens (including phenoxy) is 2. The largest absolute Gasteiger partial charge is 0.465 e. The van der Waals surface area contributed by atoms with Crippen molar-refractivity contribution in [2.24, 2.45) is 0 Å². The zero-order chi connectivity index (χ0) is 21.9. The quantitative estimate of drug-likeness (QED) is 0.533. The van der Waals surface area contributed by atoms with E-state index in [2.05, 4.69) is 9.84 Å². The molecule has 2 aromatic carbocycles. The molecule has 10 heteroatoms. The van der Waals surface area contributed by atoms with Crippen molar-refractivity contribution in [3.63, 3.8) is 0 Å². The van der Waals surface area contributed by atoms with E-state index >= 15 is 0 Å². The second-order valence-electron chi connectivity index (χ2n) is 6.16. The summed E-state index contributed by atoms with van der Waals surface area (Å²) in [4.78, 5) is 24.0. The maximum Gasteiger partial charge on any atom is 0.358 e. The molecule has 30 heavy (non-hydrogen) atoms. The number of carbonyl (C=O) groups excluding carboxylic acids is 2. The van der Waals surface area contributed by atoms with Crippen LogP contribution in [-0.2, 0) is 25.1 Å². The van der Waals surface area contributed by atoms with Gasteiger partial charge in [0.05, 0.1) is 36.1 Å². The standard InChI is InChI=1S/C20H17ClN2O6S/c1-28-19(24)16-5-3-4-6-17(16)30(26,27)12-13-11-23(22-18(13)20(25)29-2)15-9-7-14(21)8-10-15/h3-11H,12H2,1-2H3. The molecule has 156 valence electrons. The lowest BCUT2D eigenvalue weighted by molar-refractivity contribution is 0.0585. The molecule has 0 unspecified atom stereocenters. The van der Waals surface area contributed by atoms with Crippen molar-refractivity contribution in [2.45, 2.75) is 10.6 Å². The molecule has 0 atom stereocenters. The first-order chi connectivity index (χ1) is 14.3. The van der Waals surface area contributed by atoms with Gasteiger partial charge in [0.2, 0.25) is 0 Å². The summed E-state index contributed by atoms with van der Waals surface area (Å²) < 4.78 is 36.9. The number of methoxy groups -OCH3 is 2. The number of halogens is 1. The Balaban J connectivity index is 2.06. The lowest BCUT2D eigenvalue weighted by atomic mass is 10.2. The summed E-state index contributed by atoms with van der Waals surface area (Å²) in [6, 6.07) is 12.3. The number of aromatic nitrogens is 2. The minimum Gasteiger partial charge on any atom is -0.465 e. The Bertz CT molecular complexity index is 1200. The average molecular weight is 449 g/mol. The van der Waals surface area contributed by atoms with Gasteiger partial charge in [-0.2, -0.15) is 5.10 Å². The Kier molecular flexibility index (Phi) is 6.23. The van der Waals surface area contributed by atoms with Gasteiger partial charge in [-0.05, 0) is 36.4 Å². The Hall–Kier alpha value is -3.17. The van der Waals surface area contributed by atoms with Crippen molar-refractivity contribution in [2.75, 3.05) is 14.2 Å². The third kappa shape index (κ3) is 4.37. The predicted octanol–water partition coefficient (Wildman–Crippen LogP) is 3.07. The van der Waals surface area contributed by atoms with Crippen molar-refractivity contribution in [1.29, 1.82) is 0 Å². The van der Waals surface area contributed by atoms with Crippen LogP contribution in [0.2, 0.25) is 5.02 Å². The van der Waals surface area contributed by atoms with Crippen LogP contribution in [-0.4, -0.2) is 44.4 Å². The Morgan fingerprint density at radius 3 is 2.27 bits per heavy atom.